The van der Waals surface area contributed by atoms with Gasteiger partial charge in [0.2, 0.25) is 0 Å². The molecule has 0 bridgehead atoms. The number of anilines is 1. The molecule has 0 aliphatic rings. The predicted molar refractivity (Wildman–Crippen MR) is 62.4 cm³/mol. The molecule has 3 heteroatoms. The Balaban J connectivity index is 3.10. The summed E-state index contributed by atoms with van der Waals surface area (Å²) < 4.78 is 0. The molecule has 1 rings (SSSR count). The van der Waals surface area contributed by atoms with Crippen molar-refractivity contribution in [2.45, 2.75) is 32.7 Å². The van der Waals surface area contributed by atoms with Crippen LogP contribution in [0.1, 0.15) is 37.6 Å². The number of carbonyl (C=O) groups excluding carboxylic acids is 1. The van der Waals surface area contributed by atoms with Crippen LogP contribution in [0.4, 0.5) is 5.82 Å². The number of rotatable bonds is 4. The molecule has 3 nitrogen and oxygen atoms in total. The molecule has 0 atom stereocenters. The minimum Gasteiger partial charge on any atom is -0.354 e. The summed E-state index contributed by atoms with van der Waals surface area (Å²) in [6, 6.07) is 3.57. The van der Waals surface area contributed by atoms with Crippen molar-refractivity contribution in [1.29, 1.82) is 0 Å². The van der Waals surface area contributed by atoms with Crippen LogP contribution in [0.15, 0.2) is 18.3 Å². The van der Waals surface area contributed by atoms with Crippen LogP contribution in [0.2, 0.25) is 0 Å². The molecule has 82 valence electrons. The van der Waals surface area contributed by atoms with Crippen molar-refractivity contribution >= 4 is 12.1 Å². The topological polar surface area (TPSA) is 33.2 Å². The normalized spacial score (nSPS) is 11.2. The Morgan fingerprint density at radius 3 is 2.73 bits per heavy atom. The first-order valence-corrected chi connectivity index (χ1v) is 5.17. The highest BCUT2D eigenvalue weighted by Crippen LogP contribution is 2.24. The van der Waals surface area contributed by atoms with Crippen LogP contribution in [0, 0.1) is 0 Å². The number of nitrogens with zero attached hydrogens (tertiary/aromatic N) is 2. The maximum absolute atomic E-state index is 10.9. The highest BCUT2D eigenvalue weighted by molar-refractivity contribution is 5.82. The van der Waals surface area contributed by atoms with Gasteiger partial charge in [-0.05, 0) is 32.4 Å². The van der Waals surface area contributed by atoms with Crippen molar-refractivity contribution in [3.63, 3.8) is 0 Å². The number of hydrogen-bond donors (Lipinski definition) is 0. The van der Waals surface area contributed by atoms with Gasteiger partial charge in [0.25, 0.3) is 0 Å². The summed E-state index contributed by atoms with van der Waals surface area (Å²) in [5, 5.41) is 0. The van der Waals surface area contributed by atoms with Crippen molar-refractivity contribution in [1.82, 2.24) is 4.98 Å². The largest absolute Gasteiger partial charge is 0.354 e. The molecule has 0 fully saturated rings. The number of pyridine rings is 1. The van der Waals surface area contributed by atoms with Gasteiger partial charge in [-0.25, -0.2) is 4.98 Å². The molecule has 0 saturated heterocycles. The highest BCUT2D eigenvalue weighted by atomic mass is 16.1. The second-order valence-corrected chi connectivity index (χ2v) is 4.26. The predicted octanol–water partition coefficient (Wildman–Crippen LogP) is 2.52. The molecule has 0 aliphatic heterocycles. The molecule has 0 N–H and O–H groups in total. The molecule has 1 aromatic rings. The summed E-state index contributed by atoms with van der Waals surface area (Å²) in [6.45, 7) is 6.40. The Bertz CT molecular complexity index is 347. The Morgan fingerprint density at radius 2 is 2.20 bits per heavy atom. The SMILES string of the molecule is CCC(C)(C)N(C)c1ncccc1C=O. The van der Waals surface area contributed by atoms with Crippen LogP contribution in [0.5, 0.6) is 0 Å². The monoisotopic (exact) mass is 206 g/mol. The molecule has 1 aromatic heterocycles. The van der Waals surface area contributed by atoms with Gasteiger partial charge in [0.15, 0.2) is 6.29 Å². The number of aldehydes is 1. The third kappa shape index (κ3) is 2.35. The van der Waals surface area contributed by atoms with Gasteiger partial charge >= 0.3 is 0 Å². The molecular weight excluding hydrogens is 188 g/mol. The van der Waals surface area contributed by atoms with E-state index in [1.54, 1.807) is 18.3 Å². The van der Waals surface area contributed by atoms with Crippen LogP contribution in [-0.2, 0) is 0 Å². The Labute approximate surface area is 91.1 Å². The van der Waals surface area contributed by atoms with Gasteiger partial charge in [0.1, 0.15) is 5.82 Å². The first-order chi connectivity index (χ1) is 7.03. The van der Waals surface area contributed by atoms with Crippen molar-refractivity contribution in [3.8, 4) is 0 Å². The second-order valence-electron chi connectivity index (χ2n) is 4.26. The first-order valence-electron chi connectivity index (χ1n) is 5.17. The van der Waals surface area contributed by atoms with Gasteiger partial charge in [-0.15, -0.1) is 0 Å². The maximum atomic E-state index is 10.9. The molecule has 0 saturated carbocycles. The molecule has 1 heterocycles. The summed E-state index contributed by atoms with van der Waals surface area (Å²) in [5.74, 6) is 0.749. The van der Waals surface area contributed by atoms with Crippen molar-refractivity contribution in [3.05, 3.63) is 23.9 Å². The van der Waals surface area contributed by atoms with Gasteiger partial charge in [-0.1, -0.05) is 6.92 Å². The summed E-state index contributed by atoms with van der Waals surface area (Å²) in [7, 11) is 1.97. The van der Waals surface area contributed by atoms with Gasteiger partial charge in [-0.2, -0.15) is 0 Å². The van der Waals surface area contributed by atoms with E-state index in [1.165, 1.54) is 0 Å². The lowest BCUT2D eigenvalue weighted by atomic mass is 9.99. The van der Waals surface area contributed by atoms with Gasteiger partial charge < -0.3 is 4.90 Å². The summed E-state index contributed by atoms with van der Waals surface area (Å²) in [6.07, 6.45) is 3.56. The smallest absolute Gasteiger partial charge is 0.153 e. The lowest BCUT2D eigenvalue weighted by Gasteiger charge is -2.36. The summed E-state index contributed by atoms with van der Waals surface area (Å²) in [4.78, 5) is 17.2. The van der Waals surface area contributed by atoms with Crippen LogP contribution in [0.3, 0.4) is 0 Å². The van der Waals surface area contributed by atoms with Crippen LogP contribution in [0.25, 0.3) is 0 Å². The zero-order valence-electron chi connectivity index (χ0n) is 9.82. The summed E-state index contributed by atoms with van der Waals surface area (Å²) >= 11 is 0. The molecule has 15 heavy (non-hydrogen) atoms. The lowest BCUT2D eigenvalue weighted by molar-refractivity contribution is 0.112. The Kier molecular flexibility index (Phi) is 3.45. The summed E-state index contributed by atoms with van der Waals surface area (Å²) in [5.41, 5.74) is 0.646. The highest BCUT2D eigenvalue weighted by Gasteiger charge is 2.23. The molecule has 0 aromatic carbocycles. The van der Waals surface area contributed by atoms with Crippen molar-refractivity contribution < 1.29 is 4.79 Å². The lowest BCUT2D eigenvalue weighted by Crippen LogP contribution is -2.41. The number of aromatic nitrogens is 1. The van der Waals surface area contributed by atoms with Crippen molar-refractivity contribution in [2.24, 2.45) is 0 Å². The molecule has 0 spiro atoms. The number of hydrogen-bond acceptors (Lipinski definition) is 3. The standard InChI is InChI=1S/C12H18N2O/c1-5-12(2,3)14(4)11-10(9-15)7-6-8-13-11/h6-9H,5H2,1-4H3. The van der Waals surface area contributed by atoms with Crippen LogP contribution < -0.4 is 4.90 Å². The fourth-order valence-electron chi connectivity index (χ4n) is 1.31. The van der Waals surface area contributed by atoms with E-state index in [0.717, 1.165) is 18.5 Å². The van der Waals surface area contributed by atoms with Crippen molar-refractivity contribution in [2.75, 3.05) is 11.9 Å². The minimum absolute atomic E-state index is 0.00606. The fraction of sp³-hybridized carbons (Fsp3) is 0.500. The Morgan fingerprint density at radius 1 is 1.53 bits per heavy atom. The minimum atomic E-state index is 0.00606. The van der Waals surface area contributed by atoms with E-state index in [2.05, 4.69) is 30.7 Å². The molecule has 0 amide bonds. The van der Waals surface area contributed by atoms with E-state index < -0.39 is 0 Å². The van der Waals surface area contributed by atoms with E-state index in [-0.39, 0.29) is 5.54 Å². The van der Waals surface area contributed by atoms with Crippen LogP contribution in [-0.4, -0.2) is 23.9 Å². The molecule has 0 radical (unpaired) electrons. The third-order valence-corrected chi connectivity index (χ3v) is 3.03. The average molecular weight is 206 g/mol. The second kappa shape index (κ2) is 4.43. The molecule has 0 unspecified atom stereocenters. The van der Waals surface area contributed by atoms with E-state index in [9.17, 15) is 4.79 Å². The van der Waals surface area contributed by atoms with Gasteiger partial charge in [-0.3, -0.25) is 4.79 Å². The zero-order chi connectivity index (χ0) is 11.5. The molecular formula is C12H18N2O. The Hall–Kier alpha value is -1.38. The van der Waals surface area contributed by atoms with E-state index in [4.69, 9.17) is 0 Å². The average Bonchev–Trinajstić information content (AvgIpc) is 2.28. The maximum Gasteiger partial charge on any atom is 0.153 e. The van der Waals surface area contributed by atoms with Gasteiger partial charge in [0.05, 0.1) is 5.56 Å². The quantitative estimate of drug-likeness (QED) is 0.710. The zero-order valence-corrected chi connectivity index (χ0v) is 9.82. The van der Waals surface area contributed by atoms with E-state index in [1.807, 2.05) is 7.05 Å². The van der Waals surface area contributed by atoms with Gasteiger partial charge in [0, 0.05) is 18.8 Å². The van der Waals surface area contributed by atoms with Crippen LogP contribution >= 0.6 is 0 Å². The third-order valence-electron chi connectivity index (χ3n) is 3.03. The fourth-order valence-corrected chi connectivity index (χ4v) is 1.31. The molecule has 0 aliphatic carbocycles. The number of carbonyl (C=O) groups is 1. The van der Waals surface area contributed by atoms with E-state index in [0.29, 0.717) is 5.56 Å². The first kappa shape index (κ1) is 11.7. The van der Waals surface area contributed by atoms with E-state index >= 15 is 0 Å².